The Morgan fingerprint density at radius 3 is 2.47 bits per heavy atom. The highest BCUT2D eigenvalue weighted by Gasteiger charge is 2.07. The summed E-state index contributed by atoms with van der Waals surface area (Å²) in [6.45, 7) is 5.82. The molecule has 0 aliphatic heterocycles. The molecule has 0 saturated carbocycles. The first-order valence-electron chi connectivity index (χ1n) is 6.29. The number of hydrogen-bond acceptors (Lipinski definition) is 3. The van der Waals surface area contributed by atoms with E-state index in [1.165, 1.54) is 0 Å². The zero-order valence-electron chi connectivity index (χ0n) is 11.4. The molecule has 1 aromatic heterocycles. The third-order valence-electron chi connectivity index (χ3n) is 2.74. The molecule has 2 rings (SSSR count). The first-order chi connectivity index (χ1) is 9.10. The number of carbonyl (C=O) groups excluding carboxylic acids is 1. The van der Waals surface area contributed by atoms with Gasteiger partial charge in [0.2, 0.25) is 0 Å². The van der Waals surface area contributed by atoms with Gasteiger partial charge in [0.25, 0.3) is 0 Å². The normalized spacial score (nSPS) is 10.5. The summed E-state index contributed by atoms with van der Waals surface area (Å²) in [7, 11) is 0. The van der Waals surface area contributed by atoms with E-state index in [1.54, 1.807) is 0 Å². The van der Waals surface area contributed by atoms with Crippen molar-refractivity contribution in [2.45, 2.75) is 26.9 Å². The average Bonchev–Trinajstić information content (AvgIpc) is 2.39. The molecule has 0 N–H and O–H groups in total. The van der Waals surface area contributed by atoms with Crippen LogP contribution in [0.25, 0.3) is 11.1 Å². The van der Waals surface area contributed by atoms with E-state index in [2.05, 4.69) is 4.98 Å². The minimum Gasteiger partial charge on any atom is -0.490 e. The number of aromatic nitrogens is 1. The van der Waals surface area contributed by atoms with E-state index >= 15 is 0 Å². The van der Waals surface area contributed by atoms with E-state index in [1.807, 2.05) is 57.3 Å². The number of benzene rings is 1. The molecule has 0 bridgehead atoms. The molecule has 2 aromatic rings. The highest BCUT2D eigenvalue weighted by atomic mass is 16.5. The maximum absolute atomic E-state index is 11.2. The maximum atomic E-state index is 11.2. The van der Waals surface area contributed by atoms with Crippen LogP contribution < -0.4 is 4.74 Å². The third-order valence-corrected chi connectivity index (χ3v) is 2.74. The molecular formula is C16H17NO2. The standard InChI is InChI=1S/C16H17NO2/c1-11(2)19-16-7-6-13(8-15(16)10-18)14-5-4-12(3)17-9-14/h4-11H,1-3H3. The van der Waals surface area contributed by atoms with Gasteiger partial charge in [0.1, 0.15) is 5.75 Å². The van der Waals surface area contributed by atoms with E-state index < -0.39 is 0 Å². The number of ether oxygens (including phenoxy) is 1. The number of carbonyl (C=O) groups is 1. The summed E-state index contributed by atoms with van der Waals surface area (Å²) in [5.41, 5.74) is 3.49. The highest BCUT2D eigenvalue weighted by Crippen LogP contribution is 2.26. The van der Waals surface area contributed by atoms with Gasteiger partial charge in [-0.15, -0.1) is 0 Å². The fourth-order valence-electron chi connectivity index (χ4n) is 1.82. The second-order valence-corrected chi connectivity index (χ2v) is 4.73. The second kappa shape index (κ2) is 5.65. The molecule has 0 atom stereocenters. The number of hydrogen-bond donors (Lipinski definition) is 0. The molecule has 0 radical (unpaired) electrons. The lowest BCUT2D eigenvalue weighted by molar-refractivity contribution is 0.111. The molecule has 0 saturated heterocycles. The van der Waals surface area contributed by atoms with Crippen molar-refractivity contribution in [2.75, 3.05) is 0 Å². The van der Waals surface area contributed by atoms with Gasteiger partial charge in [-0.25, -0.2) is 0 Å². The van der Waals surface area contributed by atoms with Gasteiger partial charge in [0.05, 0.1) is 11.7 Å². The molecule has 19 heavy (non-hydrogen) atoms. The number of aryl methyl sites for hydroxylation is 1. The predicted molar refractivity (Wildman–Crippen MR) is 75.6 cm³/mol. The lowest BCUT2D eigenvalue weighted by atomic mass is 10.0. The lowest BCUT2D eigenvalue weighted by Crippen LogP contribution is -2.07. The SMILES string of the molecule is Cc1ccc(-c2ccc(OC(C)C)c(C=O)c2)cn1. The summed E-state index contributed by atoms with van der Waals surface area (Å²) in [5.74, 6) is 0.619. The Morgan fingerprint density at radius 2 is 1.89 bits per heavy atom. The van der Waals surface area contributed by atoms with Gasteiger partial charge in [0, 0.05) is 17.5 Å². The largest absolute Gasteiger partial charge is 0.490 e. The van der Waals surface area contributed by atoms with Gasteiger partial charge < -0.3 is 4.74 Å². The van der Waals surface area contributed by atoms with Crippen LogP contribution in [0.2, 0.25) is 0 Å². The number of pyridine rings is 1. The number of aldehydes is 1. The second-order valence-electron chi connectivity index (χ2n) is 4.73. The summed E-state index contributed by atoms with van der Waals surface area (Å²) in [6.07, 6.45) is 2.68. The van der Waals surface area contributed by atoms with Crippen molar-refractivity contribution < 1.29 is 9.53 Å². The van der Waals surface area contributed by atoms with Gasteiger partial charge >= 0.3 is 0 Å². The van der Waals surface area contributed by atoms with Crippen LogP contribution in [0.5, 0.6) is 5.75 Å². The Hall–Kier alpha value is -2.16. The molecule has 0 aliphatic carbocycles. The van der Waals surface area contributed by atoms with Crippen LogP contribution in [0.15, 0.2) is 36.5 Å². The van der Waals surface area contributed by atoms with Gasteiger partial charge in [-0.3, -0.25) is 9.78 Å². The van der Waals surface area contributed by atoms with E-state index in [0.29, 0.717) is 11.3 Å². The molecule has 0 unspecified atom stereocenters. The quantitative estimate of drug-likeness (QED) is 0.783. The summed E-state index contributed by atoms with van der Waals surface area (Å²) < 4.78 is 5.60. The topological polar surface area (TPSA) is 39.2 Å². The molecule has 3 nitrogen and oxygen atoms in total. The smallest absolute Gasteiger partial charge is 0.153 e. The van der Waals surface area contributed by atoms with Crippen molar-refractivity contribution in [3.05, 3.63) is 47.8 Å². The van der Waals surface area contributed by atoms with E-state index in [9.17, 15) is 4.79 Å². The van der Waals surface area contributed by atoms with Crippen molar-refractivity contribution in [3.63, 3.8) is 0 Å². The van der Waals surface area contributed by atoms with E-state index in [4.69, 9.17) is 4.74 Å². The van der Waals surface area contributed by atoms with E-state index in [0.717, 1.165) is 23.1 Å². The van der Waals surface area contributed by atoms with Crippen LogP contribution in [0.4, 0.5) is 0 Å². The Balaban J connectivity index is 2.38. The number of rotatable bonds is 4. The summed E-state index contributed by atoms with van der Waals surface area (Å²) in [4.78, 5) is 15.4. The summed E-state index contributed by atoms with van der Waals surface area (Å²) in [5, 5.41) is 0. The first-order valence-corrected chi connectivity index (χ1v) is 6.29. The van der Waals surface area contributed by atoms with Crippen LogP contribution in [-0.4, -0.2) is 17.4 Å². The van der Waals surface area contributed by atoms with Crippen LogP contribution >= 0.6 is 0 Å². The average molecular weight is 255 g/mol. The molecule has 0 spiro atoms. The Morgan fingerprint density at radius 1 is 1.16 bits per heavy atom. The van der Waals surface area contributed by atoms with Gasteiger partial charge in [-0.2, -0.15) is 0 Å². The minimum absolute atomic E-state index is 0.0468. The molecule has 3 heteroatoms. The predicted octanol–water partition coefficient (Wildman–Crippen LogP) is 3.66. The van der Waals surface area contributed by atoms with Crippen molar-refractivity contribution in [1.82, 2.24) is 4.98 Å². The van der Waals surface area contributed by atoms with Crippen LogP contribution in [0.1, 0.15) is 29.9 Å². The molecule has 1 heterocycles. The molecule has 1 aromatic carbocycles. The maximum Gasteiger partial charge on any atom is 0.153 e. The van der Waals surface area contributed by atoms with Gasteiger partial charge in [-0.05, 0) is 44.5 Å². The van der Waals surface area contributed by atoms with E-state index in [-0.39, 0.29) is 6.10 Å². The van der Waals surface area contributed by atoms with Crippen molar-refractivity contribution in [1.29, 1.82) is 0 Å². The Bertz CT molecular complexity index is 574. The Kier molecular flexibility index (Phi) is 3.95. The summed E-state index contributed by atoms with van der Waals surface area (Å²) >= 11 is 0. The lowest BCUT2D eigenvalue weighted by Gasteiger charge is -2.12. The van der Waals surface area contributed by atoms with Crippen molar-refractivity contribution in [2.24, 2.45) is 0 Å². The fraction of sp³-hybridized carbons (Fsp3) is 0.250. The number of nitrogens with zero attached hydrogens (tertiary/aromatic N) is 1. The minimum atomic E-state index is 0.0468. The van der Waals surface area contributed by atoms with Crippen molar-refractivity contribution in [3.8, 4) is 16.9 Å². The fourth-order valence-corrected chi connectivity index (χ4v) is 1.82. The molecule has 98 valence electrons. The zero-order chi connectivity index (χ0) is 13.8. The summed E-state index contributed by atoms with van der Waals surface area (Å²) in [6, 6.07) is 9.55. The van der Waals surface area contributed by atoms with Crippen LogP contribution in [0.3, 0.4) is 0 Å². The van der Waals surface area contributed by atoms with Crippen molar-refractivity contribution >= 4 is 6.29 Å². The van der Waals surface area contributed by atoms with Crippen LogP contribution in [0, 0.1) is 6.92 Å². The van der Waals surface area contributed by atoms with Crippen LogP contribution in [-0.2, 0) is 0 Å². The first kappa shape index (κ1) is 13.3. The Labute approximate surface area is 113 Å². The molecule has 0 aliphatic rings. The molecule has 0 amide bonds. The monoisotopic (exact) mass is 255 g/mol. The van der Waals surface area contributed by atoms with Gasteiger partial charge in [-0.1, -0.05) is 12.1 Å². The zero-order valence-corrected chi connectivity index (χ0v) is 11.4. The molecular weight excluding hydrogens is 238 g/mol. The molecule has 0 fully saturated rings. The van der Waals surface area contributed by atoms with Gasteiger partial charge in [0.15, 0.2) is 6.29 Å². The highest BCUT2D eigenvalue weighted by molar-refractivity contribution is 5.82. The third kappa shape index (κ3) is 3.19.